The summed E-state index contributed by atoms with van der Waals surface area (Å²) in [6, 6.07) is 20.6. The number of nitrogens with one attached hydrogen (secondary N) is 1. The van der Waals surface area contributed by atoms with E-state index in [1.807, 2.05) is 41.3 Å². The number of carbonyl (C=O) groups excluding carboxylic acids is 1. The maximum atomic E-state index is 13.4. The minimum absolute atomic E-state index is 0.0186. The van der Waals surface area contributed by atoms with Crippen LogP contribution < -0.4 is 10.1 Å². The normalized spacial score (nSPS) is 14.2. The summed E-state index contributed by atoms with van der Waals surface area (Å²) < 4.78 is 7.60. The highest BCUT2D eigenvalue weighted by Crippen LogP contribution is 2.26. The molecular formula is C27H33N3O2. The molecule has 0 bridgehead atoms. The van der Waals surface area contributed by atoms with Gasteiger partial charge in [0, 0.05) is 30.2 Å². The average molecular weight is 432 g/mol. The van der Waals surface area contributed by atoms with E-state index >= 15 is 0 Å². The highest BCUT2D eigenvalue weighted by molar-refractivity contribution is 5.89. The lowest BCUT2D eigenvalue weighted by atomic mass is 9.94. The van der Waals surface area contributed by atoms with Crippen LogP contribution >= 0.6 is 0 Å². The molecule has 0 saturated heterocycles. The van der Waals surface area contributed by atoms with Crippen LogP contribution in [0.2, 0.25) is 0 Å². The van der Waals surface area contributed by atoms with Crippen LogP contribution in [0.1, 0.15) is 48.9 Å². The second-order valence-electron chi connectivity index (χ2n) is 8.69. The first-order chi connectivity index (χ1) is 15.6. The number of hydrogen-bond acceptors (Lipinski definition) is 2. The van der Waals surface area contributed by atoms with Crippen molar-refractivity contribution in [2.24, 2.45) is 0 Å². The summed E-state index contributed by atoms with van der Waals surface area (Å²) in [5.41, 5.74) is 4.34. The van der Waals surface area contributed by atoms with Gasteiger partial charge in [-0.05, 0) is 61.7 Å². The number of aromatic nitrogens is 1. The average Bonchev–Trinajstić information content (AvgIpc) is 3.26. The lowest BCUT2D eigenvalue weighted by molar-refractivity contribution is 0.161. The molecule has 1 aromatic heterocycles. The molecule has 0 unspecified atom stereocenters. The van der Waals surface area contributed by atoms with Crippen molar-refractivity contribution < 1.29 is 9.53 Å². The lowest BCUT2D eigenvalue weighted by Crippen LogP contribution is -2.43. The Labute approximate surface area is 191 Å². The van der Waals surface area contributed by atoms with Crippen LogP contribution in [0.3, 0.4) is 0 Å². The quantitative estimate of drug-likeness (QED) is 0.483. The molecule has 168 valence electrons. The molecule has 1 N–H and O–H groups in total. The number of nitrogens with zero attached hydrogens (tertiary/aromatic N) is 2. The smallest absolute Gasteiger partial charge is 0.322 e. The van der Waals surface area contributed by atoms with Crippen molar-refractivity contribution in [1.82, 2.24) is 9.47 Å². The number of amides is 2. The first kappa shape index (κ1) is 22.0. The monoisotopic (exact) mass is 431 g/mol. The Morgan fingerprint density at radius 2 is 1.84 bits per heavy atom. The zero-order valence-electron chi connectivity index (χ0n) is 19.1. The fraction of sp³-hybridized carbons (Fsp3) is 0.370. The summed E-state index contributed by atoms with van der Waals surface area (Å²) >= 11 is 0. The second kappa shape index (κ2) is 10.4. The number of aryl methyl sites for hydroxylation is 1. The maximum Gasteiger partial charge on any atom is 0.322 e. The third-order valence-electron chi connectivity index (χ3n) is 6.32. The first-order valence-electron chi connectivity index (χ1n) is 11.5. The van der Waals surface area contributed by atoms with Crippen LogP contribution in [0, 0.1) is 6.92 Å². The van der Waals surface area contributed by atoms with Gasteiger partial charge in [-0.25, -0.2) is 4.79 Å². The van der Waals surface area contributed by atoms with Crippen molar-refractivity contribution in [2.45, 2.75) is 58.2 Å². The largest absolute Gasteiger partial charge is 0.497 e. The molecule has 32 heavy (non-hydrogen) atoms. The van der Waals surface area contributed by atoms with Gasteiger partial charge in [-0.2, -0.15) is 0 Å². The van der Waals surface area contributed by atoms with E-state index in [0.29, 0.717) is 6.54 Å². The van der Waals surface area contributed by atoms with E-state index in [2.05, 4.69) is 47.3 Å². The van der Waals surface area contributed by atoms with E-state index in [4.69, 9.17) is 4.74 Å². The lowest BCUT2D eigenvalue weighted by Gasteiger charge is -2.34. The molecule has 3 aromatic rings. The van der Waals surface area contributed by atoms with Gasteiger partial charge in [-0.3, -0.25) is 0 Å². The Morgan fingerprint density at radius 1 is 1.06 bits per heavy atom. The highest BCUT2D eigenvalue weighted by Gasteiger charge is 2.26. The summed E-state index contributed by atoms with van der Waals surface area (Å²) in [5.74, 6) is 0.859. The predicted molar refractivity (Wildman–Crippen MR) is 129 cm³/mol. The molecule has 2 aromatic carbocycles. The van der Waals surface area contributed by atoms with Crippen LogP contribution in [-0.2, 0) is 13.1 Å². The van der Waals surface area contributed by atoms with E-state index in [1.54, 1.807) is 7.11 Å². The first-order valence-corrected chi connectivity index (χ1v) is 11.5. The summed E-state index contributed by atoms with van der Waals surface area (Å²) in [6.07, 6.45) is 7.85. The number of rotatable bonds is 7. The van der Waals surface area contributed by atoms with E-state index < -0.39 is 0 Å². The summed E-state index contributed by atoms with van der Waals surface area (Å²) in [6.45, 7) is 3.40. The third-order valence-corrected chi connectivity index (χ3v) is 6.32. The van der Waals surface area contributed by atoms with Gasteiger partial charge >= 0.3 is 6.03 Å². The van der Waals surface area contributed by atoms with Gasteiger partial charge in [-0.15, -0.1) is 0 Å². The number of hydrogen-bond donors (Lipinski definition) is 1. The van der Waals surface area contributed by atoms with E-state index in [0.717, 1.165) is 36.5 Å². The summed E-state index contributed by atoms with van der Waals surface area (Å²) in [4.78, 5) is 15.4. The number of methoxy groups -OCH3 is 1. The number of ether oxygens (including phenoxy) is 1. The topological polar surface area (TPSA) is 46.5 Å². The van der Waals surface area contributed by atoms with Crippen molar-refractivity contribution in [3.63, 3.8) is 0 Å². The molecule has 1 saturated carbocycles. The van der Waals surface area contributed by atoms with Crippen molar-refractivity contribution in [3.05, 3.63) is 83.7 Å². The molecule has 1 aliphatic carbocycles. The van der Waals surface area contributed by atoms with E-state index in [1.165, 1.54) is 30.4 Å². The Morgan fingerprint density at radius 3 is 2.59 bits per heavy atom. The van der Waals surface area contributed by atoms with Crippen LogP contribution in [0.4, 0.5) is 10.5 Å². The van der Waals surface area contributed by atoms with Crippen molar-refractivity contribution in [3.8, 4) is 5.75 Å². The number of carbonyl (C=O) groups is 1. The predicted octanol–water partition coefficient (Wildman–Crippen LogP) is 6.22. The standard InChI is InChI=1S/C27H33N3O2/c1-21-13-15-23(16-14-21)28-27(31)30(24-9-4-3-5-10-24)20-25-11-7-17-29(25)19-22-8-6-12-26(18-22)32-2/h6-8,11-18,24H,3-5,9-10,19-20H2,1-2H3,(H,28,31). The molecule has 5 heteroatoms. The van der Waals surface area contributed by atoms with Crippen molar-refractivity contribution in [2.75, 3.05) is 12.4 Å². The van der Waals surface area contributed by atoms with Gasteiger partial charge in [0.1, 0.15) is 5.75 Å². The van der Waals surface area contributed by atoms with Gasteiger partial charge in [0.15, 0.2) is 0 Å². The molecule has 0 spiro atoms. The van der Waals surface area contributed by atoms with E-state index in [-0.39, 0.29) is 12.1 Å². The summed E-state index contributed by atoms with van der Waals surface area (Å²) in [7, 11) is 1.69. The molecule has 1 fully saturated rings. The van der Waals surface area contributed by atoms with E-state index in [9.17, 15) is 4.79 Å². The molecule has 1 aliphatic rings. The van der Waals surface area contributed by atoms with Crippen molar-refractivity contribution >= 4 is 11.7 Å². The Hall–Kier alpha value is -3.21. The molecule has 5 nitrogen and oxygen atoms in total. The highest BCUT2D eigenvalue weighted by atomic mass is 16.5. The van der Waals surface area contributed by atoms with Crippen molar-refractivity contribution in [1.29, 1.82) is 0 Å². The number of urea groups is 1. The Kier molecular flexibility index (Phi) is 7.15. The zero-order valence-corrected chi connectivity index (χ0v) is 19.1. The third kappa shape index (κ3) is 5.52. The zero-order chi connectivity index (χ0) is 22.3. The number of anilines is 1. The van der Waals surface area contributed by atoms with Crippen LogP contribution in [0.25, 0.3) is 0 Å². The fourth-order valence-corrected chi connectivity index (χ4v) is 4.48. The van der Waals surface area contributed by atoms with Gasteiger partial charge in [0.05, 0.1) is 13.7 Å². The summed E-state index contributed by atoms with van der Waals surface area (Å²) in [5, 5.41) is 3.12. The SMILES string of the molecule is COc1cccc(Cn2cccc2CN(C(=O)Nc2ccc(C)cc2)C2CCCCC2)c1. The molecule has 1 heterocycles. The Bertz CT molecular complexity index is 1020. The molecule has 4 rings (SSSR count). The minimum Gasteiger partial charge on any atom is -0.497 e. The Balaban J connectivity index is 1.52. The van der Waals surface area contributed by atoms with Crippen LogP contribution in [-0.4, -0.2) is 28.6 Å². The van der Waals surface area contributed by atoms with Crippen LogP contribution in [0.15, 0.2) is 66.9 Å². The molecule has 0 radical (unpaired) electrons. The molecule has 0 atom stereocenters. The second-order valence-corrected chi connectivity index (χ2v) is 8.69. The van der Waals surface area contributed by atoms with Crippen LogP contribution in [0.5, 0.6) is 5.75 Å². The number of benzene rings is 2. The molecule has 2 amide bonds. The van der Waals surface area contributed by atoms with Gasteiger partial charge < -0.3 is 19.5 Å². The minimum atomic E-state index is -0.0186. The van der Waals surface area contributed by atoms with Gasteiger partial charge in [0.2, 0.25) is 0 Å². The fourth-order valence-electron chi connectivity index (χ4n) is 4.48. The molecular weight excluding hydrogens is 398 g/mol. The maximum absolute atomic E-state index is 13.4. The van der Waals surface area contributed by atoms with Gasteiger partial charge in [0.25, 0.3) is 0 Å². The molecule has 0 aliphatic heterocycles. The van der Waals surface area contributed by atoms with Gasteiger partial charge in [-0.1, -0.05) is 49.1 Å².